The van der Waals surface area contributed by atoms with Crippen LogP contribution in [0.5, 0.6) is 0 Å². The molecule has 0 atom stereocenters. The Bertz CT molecular complexity index is 471. The van der Waals surface area contributed by atoms with Crippen LogP contribution in [0.3, 0.4) is 0 Å². The van der Waals surface area contributed by atoms with E-state index >= 15 is 0 Å². The molecule has 2 aromatic rings. The van der Waals surface area contributed by atoms with Crippen LogP contribution in [0, 0.1) is 0 Å². The Morgan fingerprint density at radius 2 is 2.05 bits per heavy atom. The molecule has 0 amide bonds. The van der Waals surface area contributed by atoms with E-state index in [9.17, 15) is 0 Å². The molecule has 0 unspecified atom stereocenters. The van der Waals surface area contributed by atoms with Crippen molar-refractivity contribution in [1.82, 2.24) is 25.5 Å². The third-order valence-corrected chi connectivity index (χ3v) is 2.68. The van der Waals surface area contributed by atoms with E-state index < -0.39 is 0 Å². The molecular weight excluding hydrogens is 242 g/mol. The standard InChI is InChI=1S/C13H19N5O/c1-19-11-9-14-8-5-10-18-16-13(15-17-18)12-6-3-2-4-7-12/h2-4,6-7,14H,5,8-11H2,1H3. The molecule has 1 N–H and O–H groups in total. The molecular formula is C13H19N5O. The number of hydrogen-bond donors (Lipinski definition) is 1. The van der Waals surface area contributed by atoms with Crippen LogP contribution in [0.4, 0.5) is 0 Å². The van der Waals surface area contributed by atoms with E-state index in [2.05, 4.69) is 20.7 Å². The Hall–Kier alpha value is -1.79. The van der Waals surface area contributed by atoms with Crippen molar-refractivity contribution >= 4 is 0 Å². The molecule has 0 saturated carbocycles. The van der Waals surface area contributed by atoms with Gasteiger partial charge in [-0.2, -0.15) is 4.80 Å². The number of nitrogens with one attached hydrogen (secondary N) is 1. The second-order valence-corrected chi connectivity index (χ2v) is 4.17. The number of aryl methyl sites for hydroxylation is 1. The lowest BCUT2D eigenvalue weighted by Gasteiger charge is -2.02. The molecule has 1 aromatic heterocycles. The minimum atomic E-state index is 0.674. The van der Waals surface area contributed by atoms with Crippen LogP contribution in [-0.4, -0.2) is 47.0 Å². The molecule has 102 valence electrons. The van der Waals surface area contributed by atoms with Gasteiger partial charge in [-0.1, -0.05) is 30.3 Å². The predicted molar refractivity (Wildman–Crippen MR) is 72.6 cm³/mol. The number of nitrogens with zero attached hydrogens (tertiary/aromatic N) is 4. The van der Waals surface area contributed by atoms with E-state index in [0.29, 0.717) is 5.82 Å². The lowest BCUT2D eigenvalue weighted by molar-refractivity contribution is 0.199. The maximum absolute atomic E-state index is 4.96. The smallest absolute Gasteiger partial charge is 0.204 e. The third kappa shape index (κ3) is 4.42. The molecule has 1 aromatic carbocycles. The highest BCUT2D eigenvalue weighted by Gasteiger charge is 2.04. The zero-order chi connectivity index (χ0) is 13.3. The van der Waals surface area contributed by atoms with E-state index in [-0.39, 0.29) is 0 Å². The molecule has 0 aliphatic carbocycles. The molecule has 0 aliphatic heterocycles. The first-order valence-corrected chi connectivity index (χ1v) is 6.43. The van der Waals surface area contributed by atoms with Gasteiger partial charge in [-0.3, -0.25) is 0 Å². The first-order valence-electron chi connectivity index (χ1n) is 6.43. The fraction of sp³-hybridized carbons (Fsp3) is 0.462. The minimum absolute atomic E-state index is 0.674. The Morgan fingerprint density at radius 1 is 1.21 bits per heavy atom. The van der Waals surface area contributed by atoms with Crippen molar-refractivity contribution in [3.05, 3.63) is 30.3 Å². The fourth-order valence-electron chi connectivity index (χ4n) is 1.69. The van der Waals surface area contributed by atoms with E-state index in [1.165, 1.54) is 0 Å². The zero-order valence-corrected chi connectivity index (χ0v) is 11.1. The zero-order valence-electron chi connectivity index (χ0n) is 11.1. The lowest BCUT2D eigenvalue weighted by atomic mass is 10.2. The van der Waals surface area contributed by atoms with Crippen molar-refractivity contribution in [2.75, 3.05) is 26.8 Å². The largest absolute Gasteiger partial charge is 0.383 e. The molecule has 0 bridgehead atoms. The molecule has 19 heavy (non-hydrogen) atoms. The molecule has 0 fully saturated rings. The highest BCUT2D eigenvalue weighted by atomic mass is 16.5. The number of ether oxygens (including phenoxy) is 1. The lowest BCUT2D eigenvalue weighted by Crippen LogP contribution is -2.21. The molecule has 0 saturated heterocycles. The summed E-state index contributed by atoms with van der Waals surface area (Å²) in [5.74, 6) is 0.674. The van der Waals surface area contributed by atoms with Crippen LogP contribution in [0.15, 0.2) is 30.3 Å². The SMILES string of the molecule is COCCNCCCn1nnc(-c2ccccc2)n1. The van der Waals surface area contributed by atoms with Crippen molar-refractivity contribution in [2.24, 2.45) is 0 Å². The van der Waals surface area contributed by atoms with E-state index in [1.807, 2.05) is 30.3 Å². The average molecular weight is 261 g/mol. The van der Waals surface area contributed by atoms with E-state index in [1.54, 1.807) is 11.9 Å². The van der Waals surface area contributed by atoms with Gasteiger partial charge in [0.2, 0.25) is 5.82 Å². The molecule has 2 rings (SSSR count). The number of rotatable bonds is 8. The maximum Gasteiger partial charge on any atom is 0.204 e. The van der Waals surface area contributed by atoms with Crippen LogP contribution >= 0.6 is 0 Å². The summed E-state index contributed by atoms with van der Waals surface area (Å²) in [6.07, 6.45) is 0.967. The highest BCUT2D eigenvalue weighted by Crippen LogP contribution is 2.11. The van der Waals surface area contributed by atoms with Crippen molar-refractivity contribution in [3.8, 4) is 11.4 Å². The molecule has 6 nitrogen and oxygen atoms in total. The Labute approximate surface area is 112 Å². The van der Waals surface area contributed by atoms with Gasteiger partial charge in [0.25, 0.3) is 0 Å². The summed E-state index contributed by atoms with van der Waals surface area (Å²) in [4.78, 5) is 1.64. The summed E-state index contributed by atoms with van der Waals surface area (Å²) in [6, 6.07) is 9.87. The van der Waals surface area contributed by atoms with Crippen molar-refractivity contribution < 1.29 is 4.74 Å². The van der Waals surface area contributed by atoms with Gasteiger partial charge in [-0.25, -0.2) is 0 Å². The summed E-state index contributed by atoms with van der Waals surface area (Å²) < 4.78 is 4.96. The third-order valence-electron chi connectivity index (χ3n) is 2.68. The van der Waals surface area contributed by atoms with Crippen molar-refractivity contribution in [2.45, 2.75) is 13.0 Å². The van der Waals surface area contributed by atoms with Gasteiger partial charge >= 0.3 is 0 Å². The van der Waals surface area contributed by atoms with Crippen molar-refractivity contribution in [1.29, 1.82) is 0 Å². The number of benzene rings is 1. The Balaban J connectivity index is 1.75. The summed E-state index contributed by atoms with van der Waals surface area (Å²) in [5.41, 5.74) is 0.993. The van der Waals surface area contributed by atoms with Gasteiger partial charge in [0.15, 0.2) is 0 Å². The predicted octanol–water partition coefficient (Wildman–Crippen LogP) is 0.966. The monoisotopic (exact) mass is 261 g/mol. The van der Waals surface area contributed by atoms with Gasteiger partial charge in [0.05, 0.1) is 13.2 Å². The Morgan fingerprint density at radius 3 is 2.84 bits per heavy atom. The molecule has 6 heteroatoms. The highest BCUT2D eigenvalue weighted by molar-refractivity contribution is 5.52. The topological polar surface area (TPSA) is 64.9 Å². The maximum atomic E-state index is 4.96. The number of methoxy groups -OCH3 is 1. The van der Waals surface area contributed by atoms with Crippen LogP contribution in [0.2, 0.25) is 0 Å². The van der Waals surface area contributed by atoms with Gasteiger partial charge in [0.1, 0.15) is 0 Å². The summed E-state index contributed by atoms with van der Waals surface area (Å²) in [7, 11) is 1.70. The first kappa shape index (κ1) is 13.6. The van der Waals surface area contributed by atoms with Gasteiger partial charge in [-0.05, 0) is 18.2 Å². The summed E-state index contributed by atoms with van der Waals surface area (Å²) in [6.45, 7) is 3.29. The van der Waals surface area contributed by atoms with E-state index in [4.69, 9.17) is 4.74 Å². The molecule has 0 aliphatic rings. The average Bonchev–Trinajstić information content (AvgIpc) is 2.92. The summed E-state index contributed by atoms with van der Waals surface area (Å²) in [5, 5.41) is 15.7. The second-order valence-electron chi connectivity index (χ2n) is 4.17. The normalized spacial score (nSPS) is 10.8. The Kier molecular flexibility index (Phi) is 5.46. The van der Waals surface area contributed by atoms with Gasteiger partial charge < -0.3 is 10.1 Å². The first-order chi connectivity index (χ1) is 9.40. The van der Waals surface area contributed by atoms with Gasteiger partial charge in [0, 0.05) is 19.2 Å². The number of tetrazole rings is 1. The molecule has 0 radical (unpaired) electrons. The van der Waals surface area contributed by atoms with Crippen LogP contribution in [0.25, 0.3) is 11.4 Å². The quantitative estimate of drug-likeness (QED) is 0.717. The van der Waals surface area contributed by atoms with Crippen LogP contribution in [0.1, 0.15) is 6.42 Å². The fourth-order valence-corrected chi connectivity index (χ4v) is 1.69. The summed E-state index contributed by atoms with van der Waals surface area (Å²) >= 11 is 0. The van der Waals surface area contributed by atoms with Crippen molar-refractivity contribution in [3.63, 3.8) is 0 Å². The van der Waals surface area contributed by atoms with Gasteiger partial charge in [-0.15, -0.1) is 10.2 Å². The van der Waals surface area contributed by atoms with E-state index in [0.717, 1.165) is 38.2 Å². The number of aromatic nitrogens is 4. The minimum Gasteiger partial charge on any atom is -0.383 e. The van der Waals surface area contributed by atoms with Crippen LogP contribution in [-0.2, 0) is 11.3 Å². The second kappa shape index (κ2) is 7.60. The molecule has 0 spiro atoms. The molecule has 1 heterocycles. The van der Waals surface area contributed by atoms with Crippen LogP contribution < -0.4 is 5.32 Å². The number of hydrogen-bond acceptors (Lipinski definition) is 5.